The van der Waals surface area contributed by atoms with Gasteiger partial charge in [0.2, 0.25) is 15.9 Å². The van der Waals surface area contributed by atoms with Crippen molar-refractivity contribution in [1.29, 1.82) is 0 Å². The maximum absolute atomic E-state index is 12.1. The summed E-state index contributed by atoms with van der Waals surface area (Å²) in [5, 5.41) is 7.77. The van der Waals surface area contributed by atoms with Crippen LogP contribution < -0.4 is 15.2 Å². The first-order chi connectivity index (χ1) is 11.3. The third kappa shape index (κ3) is 5.04. The van der Waals surface area contributed by atoms with Gasteiger partial charge in [0.05, 0.1) is 16.6 Å². The number of rotatable bonds is 6. The number of sulfonamides is 1. The van der Waals surface area contributed by atoms with Gasteiger partial charge in [-0.05, 0) is 37.6 Å². The van der Waals surface area contributed by atoms with E-state index in [1.165, 1.54) is 18.3 Å². The summed E-state index contributed by atoms with van der Waals surface area (Å²) in [4.78, 5) is 16.2. The van der Waals surface area contributed by atoms with E-state index in [9.17, 15) is 13.2 Å². The quantitative estimate of drug-likeness (QED) is 0.820. The molecule has 0 unspecified atom stereocenters. The maximum atomic E-state index is 12.1. The van der Waals surface area contributed by atoms with E-state index in [1.54, 1.807) is 24.3 Å². The maximum Gasteiger partial charge on any atom is 0.253 e. The molecule has 1 aromatic heterocycles. The summed E-state index contributed by atoms with van der Waals surface area (Å²) in [6.07, 6.45) is 1.45. The summed E-state index contributed by atoms with van der Waals surface area (Å²) in [6.45, 7) is 4.04. The molecular weight excluding hydrogens is 330 g/mol. The number of ether oxygens (including phenoxy) is 1. The normalized spacial score (nSPS) is 11.3. The van der Waals surface area contributed by atoms with Gasteiger partial charge < -0.3 is 10.1 Å². The Bertz CT molecular complexity index is 800. The van der Waals surface area contributed by atoms with Gasteiger partial charge in [0, 0.05) is 18.8 Å². The van der Waals surface area contributed by atoms with Crippen LogP contribution in [0.15, 0.2) is 47.5 Å². The molecule has 0 fully saturated rings. The number of hydrogen-bond acceptors (Lipinski definition) is 5. The molecule has 128 valence electrons. The lowest BCUT2D eigenvalue weighted by Crippen LogP contribution is -2.23. The number of hydrogen-bond donors (Lipinski definition) is 2. The van der Waals surface area contributed by atoms with Crippen LogP contribution in [0.2, 0.25) is 0 Å². The van der Waals surface area contributed by atoms with Crippen molar-refractivity contribution in [2.24, 2.45) is 5.14 Å². The molecule has 3 N–H and O–H groups in total. The highest BCUT2D eigenvalue weighted by Crippen LogP contribution is 2.11. The summed E-state index contributed by atoms with van der Waals surface area (Å²) in [6, 6.07) is 9.25. The van der Waals surface area contributed by atoms with Crippen molar-refractivity contribution in [3.63, 3.8) is 0 Å². The largest absolute Gasteiger partial charge is 0.475 e. The minimum atomic E-state index is -3.71. The number of benzene rings is 1. The van der Waals surface area contributed by atoms with Gasteiger partial charge in [0.1, 0.15) is 0 Å². The predicted molar refractivity (Wildman–Crippen MR) is 89.0 cm³/mol. The van der Waals surface area contributed by atoms with Crippen LogP contribution in [0.3, 0.4) is 0 Å². The van der Waals surface area contributed by atoms with Crippen molar-refractivity contribution in [3.05, 3.63) is 53.7 Å². The topological polar surface area (TPSA) is 111 Å². The lowest BCUT2D eigenvalue weighted by atomic mass is 10.2. The average Bonchev–Trinajstić information content (AvgIpc) is 2.52. The van der Waals surface area contributed by atoms with Gasteiger partial charge in [-0.15, -0.1) is 0 Å². The molecule has 0 aliphatic heterocycles. The number of nitrogens with one attached hydrogen (secondary N) is 1. The SMILES string of the molecule is CC(C)Oc1ccc(C(=O)NCc2ccc(S(N)(=O)=O)cc2)cn1. The van der Waals surface area contributed by atoms with Gasteiger partial charge in [-0.3, -0.25) is 4.79 Å². The molecule has 0 spiro atoms. The number of nitrogens with zero attached hydrogens (tertiary/aromatic N) is 1. The molecule has 0 saturated carbocycles. The van der Waals surface area contributed by atoms with E-state index in [0.29, 0.717) is 11.4 Å². The number of amides is 1. The lowest BCUT2D eigenvalue weighted by molar-refractivity contribution is 0.0950. The highest BCUT2D eigenvalue weighted by Gasteiger charge is 2.09. The van der Waals surface area contributed by atoms with Crippen molar-refractivity contribution in [3.8, 4) is 5.88 Å². The molecule has 1 heterocycles. The Balaban J connectivity index is 1.95. The Morgan fingerprint density at radius 2 is 1.88 bits per heavy atom. The molecule has 1 aromatic carbocycles. The van der Waals surface area contributed by atoms with E-state index in [4.69, 9.17) is 9.88 Å². The van der Waals surface area contributed by atoms with Gasteiger partial charge in [0.15, 0.2) is 0 Å². The van der Waals surface area contributed by atoms with Gasteiger partial charge in [-0.2, -0.15) is 0 Å². The molecule has 0 saturated heterocycles. The number of pyridine rings is 1. The third-order valence-electron chi connectivity index (χ3n) is 3.06. The minimum absolute atomic E-state index is 0.0116. The fourth-order valence-corrected chi connectivity index (χ4v) is 2.42. The number of aromatic nitrogens is 1. The van der Waals surface area contributed by atoms with Crippen LogP contribution in [-0.2, 0) is 16.6 Å². The second-order valence-corrected chi connectivity index (χ2v) is 6.98. The fraction of sp³-hybridized carbons (Fsp3) is 0.250. The molecule has 0 atom stereocenters. The van der Waals surface area contributed by atoms with Crippen LogP contribution >= 0.6 is 0 Å². The van der Waals surface area contributed by atoms with E-state index < -0.39 is 10.0 Å². The molecular formula is C16H19N3O4S. The fourth-order valence-electron chi connectivity index (χ4n) is 1.91. The van der Waals surface area contributed by atoms with Crippen molar-refractivity contribution >= 4 is 15.9 Å². The van der Waals surface area contributed by atoms with E-state index in [2.05, 4.69) is 10.3 Å². The Morgan fingerprint density at radius 3 is 2.38 bits per heavy atom. The zero-order valence-electron chi connectivity index (χ0n) is 13.4. The van der Waals surface area contributed by atoms with Crippen molar-refractivity contribution in [2.75, 3.05) is 0 Å². The van der Waals surface area contributed by atoms with Crippen LogP contribution in [0.4, 0.5) is 0 Å². The summed E-state index contributed by atoms with van der Waals surface area (Å²) in [7, 11) is -3.71. The van der Waals surface area contributed by atoms with Gasteiger partial charge in [0.25, 0.3) is 5.91 Å². The third-order valence-corrected chi connectivity index (χ3v) is 3.99. The van der Waals surface area contributed by atoms with Crippen LogP contribution in [-0.4, -0.2) is 25.4 Å². The highest BCUT2D eigenvalue weighted by molar-refractivity contribution is 7.89. The Hall–Kier alpha value is -2.45. The number of primary sulfonamides is 1. The molecule has 7 nitrogen and oxygen atoms in total. The monoisotopic (exact) mass is 349 g/mol. The van der Waals surface area contributed by atoms with E-state index in [-0.39, 0.29) is 23.5 Å². The molecule has 8 heteroatoms. The Morgan fingerprint density at radius 1 is 1.21 bits per heavy atom. The van der Waals surface area contributed by atoms with E-state index in [1.807, 2.05) is 13.8 Å². The van der Waals surface area contributed by atoms with Crippen LogP contribution in [0.5, 0.6) is 5.88 Å². The molecule has 1 amide bonds. The first kappa shape index (κ1) is 17.9. The summed E-state index contributed by atoms with van der Waals surface area (Å²) in [5.74, 6) is 0.175. The molecule has 0 bridgehead atoms. The summed E-state index contributed by atoms with van der Waals surface area (Å²) < 4.78 is 27.8. The smallest absolute Gasteiger partial charge is 0.253 e. The summed E-state index contributed by atoms with van der Waals surface area (Å²) >= 11 is 0. The molecule has 2 rings (SSSR count). The number of carbonyl (C=O) groups is 1. The van der Waals surface area contributed by atoms with Crippen LogP contribution in [0.1, 0.15) is 29.8 Å². The first-order valence-electron chi connectivity index (χ1n) is 7.28. The van der Waals surface area contributed by atoms with E-state index >= 15 is 0 Å². The predicted octanol–water partition coefficient (Wildman–Crippen LogP) is 1.45. The first-order valence-corrected chi connectivity index (χ1v) is 8.83. The zero-order chi connectivity index (χ0) is 17.7. The van der Waals surface area contributed by atoms with Crippen LogP contribution in [0.25, 0.3) is 0 Å². The van der Waals surface area contributed by atoms with Crippen molar-refractivity contribution < 1.29 is 17.9 Å². The second kappa shape index (κ2) is 7.41. The van der Waals surface area contributed by atoms with E-state index in [0.717, 1.165) is 5.56 Å². The molecule has 0 aliphatic rings. The van der Waals surface area contributed by atoms with Gasteiger partial charge >= 0.3 is 0 Å². The second-order valence-electron chi connectivity index (χ2n) is 5.42. The molecule has 0 radical (unpaired) electrons. The molecule has 2 aromatic rings. The molecule has 0 aliphatic carbocycles. The number of nitrogens with two attached hydrogens (primary N) is 1. The Kier molecular flexibility index (Phi) is 5.53. The standard InChI is InChI=1S/C16H19N3O4S/c1-11(2)23-15-8-5-13(10-18-15)16(20)19-9-12-3-6-14(7-4-12)24(17,21)22/h3-8,10-11H,9H2,1-2H3,(H,19,20)(H2,17,21,22). The highest BCUT2D eigenvalue weighted by atomic mass is 32.2. The number of carbonyl (C=O) groups excluding carboxylic acids is 1. The van der Waals surface area contributed by atoms with Crippen molar-refractivity contribution in [2.45, 2.75) is 31.4 Å². The lowest BCUT2D eigenvalue weighted by Gasteiger charge is -2.09. The Labute approximate surface area is 140 Å². The van der Waals surface area contributed by atoms with Crippen molar-refractivity contribution in [1.82, 2.24) is 10.3 Å². The van der Waals surface area contributed by atoms with Gasteiger partial charge in [-0.25, -0.2) is 18.5 Å². The average molecular weight is 349 g/mol. The van der Waals surface area contributed by atoms with Gasteiger partial charge in [-0.1, -0.05) is 12.1 Å². The zero-order valence-corrected chi connectivity index (χ0v) is 14.2. The van der Waals surface area contributed by atoms with Crippen LogP contribution in [0, 0.1) is 0 Å². The summed E-state index contributed by atoms with van der Waals surface area (Å²) in [5.41, 5.74) is 1.16. The molecule has 24 heavy (non-hydrogen) atoms. The minimum Gasteiger partial charge on any atom is -0.475 e.